The van der Waals surface area contributed by atoms with Gasteiger partial charge < -0.3 is 5.32 Å². The molecule has 0 spiro atoms. The molecule has 0 fully saturated rings. The molecule has 1 aromatic carbocycles. The lowest BCUT2D eigenvalue weighted by Gasteiger charge is -2.18. The Bertz CT molecular complexity index is 662. The number of aromatic nitrogens is 2. The van der Waals surface area contributed by atoms with Gasteiger partial charge in [0.05, 0.1) is 22.4 Å². The first-order valence-corrected chi connectivity index (χ1v) is 7.86. The van der Waals surface area contributed by atoms with E-state index in [1.807, 2.05) is 30.7 Å². The van der Waals surface area contributed by atoms with E-state index < -0.39 is 0 Å². The Hall–Kier alpha value is -1.19. The van der Waals surface area contributed by atoms with Crippen molar-refractivity contribution in [2.75, 3.05) is 5.32 Å². The number of aryl methyl sites for hydroxylation is 3. The first-order valence-electron chi connectivity index (χ1n) is 7.11. The lowest BCUT2D eigenvalue weighted by Crippen LogP contribution is -2.10. The minimum atomic E-state index is 0.113. The highest BCUT2D eigenvalue weighted by Crippen LogP contribution is 2.32. The van der Waals surface area contributed by atoms with E-state index in [2.05, 4.69) is 31.2 Å². The lowest BCUT2D eigenvalue weighted by molar-refractivity contribution is 0.632. The molecule has 1 aromatic heterocycles. The largest absolute Gasteiger partial charge is 0.377 e. The van der Waals surface area contributed by atoms with Gasteiger partial charge in [0.1, 0.15) is 0 Å². The Labute approximate surface area is 136 Å². The minimum absolute atomic E-state index is 0.113. The van der Waals surface area contributed by atoms with Crippen LogP contribution in [0.25, 0.3) is 0 Å². The van der Waals surface area contributed by atoms with E-state index in [1.54, 1.807) is 0 Å². The normalized spacial score (nSPS) is 12.5. The van der Waals surface area contributed by atoms with E-state index in [0.29, 0.717) is 10.0 Å². The van der Waals surface area contributed by atoms with Crippen LogP contribution in [0.3, 0.4) is 0 Å². The van der Waals surface area contributed by atoms with Crippen LogP contribution < -0.4 is 5.32 Å². The van der Waals surface area contributed by atoms with Crippen LogP contribution >= 0.6 is 23.2 Å². The minimum Gasteiger partial charge on any atom is -0.377 e. The molecule has 0 aliphatic carbocycles. The number of rotatable bonds is 4. The summed E-state index contributed by atoms with van der Waals surface area (Å²) in [4.78, 5) is 0. The van der Waals surface area contributed by atoms with E-state index >= 15 is 0 Å². The van der Waals surface area contributed by atoms with Gasteiger partial charge in [0.2, 0.25) is 0 Å². The first kappa shape index (κ1) is 16.2. The SMILES string of the molecule is CCn1nc(C)c(C(C)Nc2cc(Cl)c(C)cc2Cl)c1C. The maximum atomic E-state index is 6.30. The number of hydrogen-bond donors (Lipinski definition) is 1. The average molecular weight is 326 g/mol. The van der Waals surface area contributed by atoms with Crippen molar-refractivity contribution in [3.05, 3.63) is 44.7 Å². The molecule has 0 bridgehead atoms. The van der Waals surface area contributed by atoms with E-state index in [-0.39, 0.29) is 6.04 Å². The second-order valence-corrected chi connectivity index (χ2v) is 6.16. The standard InChI is InChI=1S/C16H21Cl2N3/c1-6-21-12(5)16(11(4)20-21)10(3)19-15-8-13(17)9(2)7-14(15)18/h7-8,10,19H,6H2,1-5H3. The molecule has 0 saturated carbocycles. The van der Waals surface area contributed by atoms with Crippen molar-refractivity contribution in [2.45, 2.75) is 47.2 Å². The summed E-state index contributed by atoms with van der Waals surface area (Å²) in [5, 5.41) is 9.40. The van der Waals surface area contributed by atoms with Crippen LogP contribution in [-0.2, 0) is 6.54 Å². The second-order valence-electron chi connectivity index (χ2n) is 5.35. The van der Waals surface area contributed by atoms with Crippen molar-refractivity contribution in [3.63, 3.8) is 0 Å². The van der Waals surface area contributed by atoms with Gasteiger partial charge in [0.25, 0.3) is 0 Å². The third kappa shape index (κ3) is 3.19. The van der Waals surface area contributed by atoms with E-state index in [4.69, 9.17) is 23.2 Å². The van der Waals surface area contributed by atoms with Crippen molar-refractivity contribution < 1.29 is 0 Å². The van der Waals surface area contributed by atoms with E-state index in [0.717, 1.165) is 23.5 Å². The van der Waals surface area contributed by atoms with Gasteiger partial charge in [-0.2, -0.15) is 5.10 Å². The predicted octanol–water partition coefficient (Wildman–Crippen LogP) is 5.31. The quantitative estimate of drug-likeness (QED) is 0.825. The molecule has 0 amide bonds. The van der Waals surface area contributed by atoms with Crippen LogP contribution in [-0.4, -0.2) is 9.78 Å². The van der Waals surface area contributed by atoms with Crippen molar-refractivity contribution in [3.8, 4) is 0 Å². The Morgan fingerprint density at radius 1 is 1.19 bits per heavy atom. The molecule has 1 unspecified atom stereocenters. The highest BCUT2D eigenvalue weighted by Gasteiger charge is 2.18. The summed E-state index contributed by atoms with van der Waals surface area (Å²) in [5.41, 5.74) is 5.27. The fraction of sp³-hybridized carbons (Fsp3) is 0.438. The topological polar surface area (TPSA) is 29.9 Å². The first-order chi connectivity index (χ1) is 9.85. The number of nitrogens with one attached hydrogen (secondary N) is 1. The smallest absolute Gasteiger partial charge is 0.0649 e. The zero-order valence-corrected chi connectivity index (χ0v) is 14.6. The summed E-state index contributed by atoms with van der Waals surface area (Å²) in [6.07, 6.45) is 0. The van der Waals surface area contributed by atoms with Crippen LogP contribution in [0.5, 0.6) is 0 Å². The van der Waals surface area contributed by atoms with Gasteiger partial charge in [-0.15, -0.1) is 0 Å². The Balaban J connectivity index is 2.32. The molecule has 1 N–H and O–H groups in total. The number of benzene rings is 1. The van der Waals surface area contributed by atoms with Crippen molar-refractivity contribution in [1.29, 1.82) is 0 Å². The third-order valence-electron chi connectivity index (χ3n) is 3.79. The Morgan fingerprint density at radius 3 is 2.43 bits per heavy atom. The van der Waals surface area contributed by atoms with Gasteiger partial charge in [0.15, 0.2) is 0 Å². The summed E-state index contributed by atoms with van der Waals surface area (Å²) < 4.78 is 2.02. The summed E-state index contributed by atoms with van der Waals surface area (Å²) in [7, 11) is 0. The average Bonchev–Trinajstić information content (AvgIpc) is 2.70. The van der Waals surface area contributed by atoms with Crippen LogP contribution in [0, 0.1) is 20.8 Å². The van der Waals surface area contributed by atoms with E-state index in [1.165, 1.54) is 11.3 Å². The maximum absolute atomic E-state index is 6.30. The molecule has 0 aliphatic rings. The monoisotopic (exact) mass is 325 g/mol. The van der Waals surface area contributed by atoms with Gasteiger partial charge in [0, 0.05) is 22.8 Å². The summed E-state index contributed by atoms with van der Waals surface area (Å²) in [6.45, 7) is 11.2. The fourth-order valence-electron chi connectivity index (χ4n) is 2.71. The molecule has 114 valence electrons. The summed E-state index contributed by atoms with van der Waals surface area (Å²) in [6, 6.07) is 3.88. The molecule has 21 heavy (non-hydrogen) atoms. The molecule has 0 saturated heterocycles. The zero-order valence-electron chi connectivity index (χ0n) is 13.1. The number of hydrogen-bond acceptors (Lipinski definition) is 2. The fourth-order valence-corrected chi connectivity index (χ4v) is 3.14. The Kier molecular flexibility index (Phi) is 4.84. The van der Waals surface area contributed by atoms with Crippen molar-refractivity contribution in [1.82, 2.24) is 9.78 Å². The molecule has 2 rings (SSSR count). The predicted molar refractivity (Wildman–Crippen MR) is 90.6 cm³/mol. The van der Waals surface area contributed by atoms with E-state index in [9.17, 15) is 0 Å². The van der Waals surface area contributed by atoms with Crippen molar-refractivity contribution in [2.24, 2.45) is 0 Å². The summed E-state index contributed by atoms with van der Waals surface area (Å²) >= 11 is 12.5. The molecule has 3 nitrogen and oxygen atoms in total. The van der Waals surface area contributed by atoms with Gasteiger partial charge in [-0.05, 0) is 52.3 Å². The van der Waals surface area contributed by atoms with Gasteiger partial charge in [-0.1, -0.05) is 23.2 Å². The van der Waals surface area contributed by atoms with Gasteiger partial charge >= 0.3 is 0 Å². The maximum Gasteiger partial charge on any atom is 0.0649 e. The molecule has 0 aliphatic heterocycles. The third-order valence-corrected chi connectivity index (χ3v) is 4.51. The highest BCUT2D eigenvalue weighted by atomic mass is 35.5. The van der Waals surface area contributed by atoms with Crippen molar-refractivity contribution >= 4 is 28.9 Å². The van der Waals surface area contributed by atoms with Gasteiger partial charge in [-0.25, -0.2) is 0 Å². The molecule has 2 aromatic rings. The molecular formula is C16H21Cl2N3. The molecule has 0 radical (unpaired) electrons. The molecule has 5 heteroatoms. The number of halogens is 2. The second kappa shape index (κ2) is 6.29. The molecule has 1 heterocycles. The van der Waals surface area contributed by atoms with Crippen LogP contribution in [0.4, 0.5) is 5.69 Å². The van der Waals surface area contributed by atoms with Crippen LogP contribution in [0.2, 0.25) is 10.0 Å². The molecular weight excluding hydrogens is 305 g/mol. The highest BCUT2D eigenvalue weighted by molar-refractivity contribution is 6.35. The summed E-state index contributed by atoms with van der Waals surface area (Å²) in [5.74, 6) is 0. The number of anilines is 1. The van der Waals surface area contributed by atoms with Crippen LogP contribution in [0.15, 0.2) is 12.1 Å². The number of nitrogens with zero attached hydrogens (tertiary/aromatic N) is 2. The Morgan fingerprint density at radius 2 is 1.86 bits per heavy atom. The molecule has 1 atom stereocenters. The lowest BCUT2D eigenvalue weighted by atomic mass is 10.1. The zero-order chi connectivity index (χ0) is 15.7. The van der Waals surface area contributed by atoms with Gasteiger partial charge in [-0.3, -0.25) is 4.68 Å². The van der Waals surface area contributed by atoms with Crippen LogP contribution in [0.1, 0.15) is 42.4 Å².